The zero-order valence-corrected chi connectivity index (χ0v) is 11.5. The maximum absolute atomic E-state index is 5.43. The van der Waals surface area contributed by atoms with Gasteiger partial charge in [0.1, 0.15) is 5.75 Å². The molecule has 0 fully saturated rings. The summed E-state index contributed by atoms with van der Waals surface area (Å²) in [5.74, 6) is 0.968. The smallest absolute Gasteiger partial charge is 0.122 e. The molecule has 0 N–H and O–H groups in total. The van der Waals surface area contributed by atoms with Gasteiger partial charge in [-0.15, -0.1) is 11.3 Å². The summed E-state index contributed by atoms with van der Waals surface area (Å²) in [5.41, 5.74) is 3.54. The van der Waals surface area contributed by atoms with Crippen LogP contribution in [-0.2, 0) is 6.42 Å². The number of rotatable bonds is 3. The molecule has 0 atom stereocenters. The second kappa shape index (κ2) is 4.88. The Morgan fingerprint density at radius 1 is 1.29 bits per heavy atom. The maximum atomic E-state index is 5.43. The van der Waals surface area contributed by atoms with Gasteiger partial charge in [-0.3, -0.25) is 0 Å². The highest BCUT2D eigenvalue weighted by atomic mass is 32.1. The molecule has 0 bridgehead atoms. The number of benzene rings is 1. The van der Waals surface area contributed by atoms with Crippen LogP contribution in [0.5, 0.6) is 5.75 Å². The van der Waals surface area contributed by atoms with Gasteiger partial charge in [-0.1, -0.05) is 19.1 Å². The van der Waals surface area contributed by atoms with Gasteiger partial charge in [0.25, 0.3) is 0 Å². The van der Waals surface area contributed by atoms with Crippen LogP contribution < -0.4 is 4.74 Å². The van der Waals surface area contributed by atoms with Crippen LogP contribution >= 0.6 is 11.3 Å². The van der Waals surface area contributed by atoms with E-state index in [2.05, 4.69) is 37.0 Å². The predicted octanol–water partition coefficient (Wildman–Crippen LogP) is 4.00. The summed E-state index contributed by atoms with van der Waals surface area (Å²) >= 11 is 1.73. The first-order valence-corrected chi connectivity index (χ1v) is 6.58. The Bertz CT molecular complexity index is 531. The molecule has 90 valence electrons. The van der Waals surface area contributed by atoms with Crippen molar-refractivity contribution in [2.24, 2.45) is 0 Å². The Labute approximate surface area is 106 Å². The molecular weight excluding hydrogens is 230 g/mol. The van der Waals surface area contributed by atoms with E-state index in [-0.39, 0.29) is 0 Å². The number of ether oxygens (including phenoxy) is 1. The summed E-state index contributed by atoms with van der Waals surface area (Å²) in [6, 6.07) is 6.41. The molecule has 0 saturated carbocycles. The van der Waals surface area contributed by atoms with Crippen molar-refractivity contribution >= 4 is 11.3 Å². The highest BCUT2D eigenvalue weighted by molar-refractivity contribution is 7.15. The summed E-state index contributed by atoms with van der Waals surface area (Å²) < 4.78 is 5.43. The van der Waals surface area contributed by atoms with Gasteiger partial charge >= 0.3 is 0 Å². The van der Waals surface area contributed by atoms with Crippen LogP contribution in [0.2, 0.25) is 0 Å². The molecule has 0 saturated heterocycles. The van der Waals surface area contributed by atoms with E-state index in [4.69, 9.17) is 4.74 Å². The third-order valence-corrected chi connectivity index (χ3v) is 3.96. The van der Waals surface area contributed by atoms with Crippen molar-refractivity contribution in [2.45, 2.75) is 27.2 Å². The molecule has 0 unspecified atom stereocenters. The lowest BCUT2D eigenvalue weighted by Gasteiger charge is -2.08. The Morgan fingerprint density at radius 3 is 2.59 bits per heavy atom. The number of methoxy groups -OCH3 is 1. The van der Waals surface area contributed by atoms with Gasteiger partial charge in [0.05, 0.1) is 22.7 Å². The molecule has 2 nitrogen and oxygen atoms in total. The van der Waals surface area contributed by atoms with Crippen LogP contribution in [-0.4, -0.2) is 12.1 Å². The zero-order valence-electron chi connectivity index (χ0n) is 10.7. The first kappa shape index (κ1) is 12.1. The van der Waals surface area contributed by atoms with Crippen molar-refractivity contribution in [1.29, 1.82) is 0 Å². The summed E-state index contributed by atoms with van der Waals surface area (Å²) in [6.45, 7) is 6.23. The number of hydrogen-bond acceptors (Lipinski definition) is 3. The molecule has 1 heterocycles. The van der Waals surface area contributed by atoms with Crippen LogP contribution in [0.15, 0.2) is 18.2 Å². The van der Waals surface area contributed by atoms with Crippen molar-refractivity contribution in [1.82, 2.24) is 4.98 Å². The van der Waals surface area contributed by atoms with Crippen molar-refractivity contribution in [3.05, 3.63) is 34.5 Å². The van der Waals surface area contributed by atoms with Gasteiger partial charge in [-0.25, -0.2) is 4.98 Å². The van der Waals surface area contributed by atoms with Crippen LogP contribution in [0, 0.1) is 13.8 Å². The second-order valence-electron chi connectivity index (χ2n) is 4.03. The fourth-order valence-electron chi connectivity index (χ4n) is 1.98. The molecule has 0 amide bonds. The van der Waals surface area contributed by atoms with E-state index in [1.807, 2.05) is 6.92 Å². The molecule has 0 spiro atoms. The number of aromatic nitrogens is 1. The average Bonchev–Trinajstić information content (AvgIpc) is 2.67. The van der Waals surface area contributed by atoms with Gasteiger partial charge in [-0.2, -0.15) is 0 Å². The van der Waals surface area contributed by atoms with E-state index in [0.29, 0.717) is 0 Å². The minimum absolute atomic E-state index is 0.968. The van der Waals surface area contributed by atoms with Crippen molar-refractivity contribution in [3.63, 3.8) is 0 Å². The van der Waals surface area contributed by atoms with E-state index >= 15 is 0 Å². The molecule has 3 heteroatoms. The lowest BCUT2D eigenvalue weighted by Crippen LogP contribution is -1.91. The lowest BCUT2D eigenvalue weighted by atomic mass is 10.1. The quantitative estimate of drug-likeness (QED) is 0.818. The van der Waals surface area contributed by atoms with Gasteiger partial charge in [0.2, 0.25) is 0 Å². The van der Waals surface area contributed by atoms with Crippen molar-refractivity contribution in [2.75, 3.05) is 7.11 Å². The van der Waals surface area contributed by atoms with E-state index in [9.17, 15) is 0 Å². The van der Waals surface area contributed by atoms with Crippen LogP contribution in [0.4, 0.5) is 0 Å². The first-order chi connectivity index (χ1) is 8.15. The van der Waals surface area contributed by atoms with E-state index in [1.54, 1.807) is 18.4 Å². The van der Waals surface area contributed by atoms with E-state index < -0.39 is 0 Å². The molecule has 0 aliphatic rings. The van der Waals surface area contributed by atoms with Crippen LogP contribution in [0.1, 0.15) is 23.2 Å². The van der Waals surface area contributed by atoms with Crippen LogP contribution in [0.25, 0.3) is 10.4 Å². The minimum Gasteiger partial charge on any atom is -0.496 e. The molecule has 2 aromatic rings. The number of aryl methyl sites for hydroxylation is 3. The molecule has 1 aromatic heterocycles. The van der Waals surface area contributed by atoms with Gasteiger partial charge in [0, 0.05) is 0 Å². The highest BCUT2D eigenvalue weighted by Gasteiger charge is 2.10. The second-order valence-corrected chi connectivity index (χ2v) is 5.23. The summed E-state index contributed by atoms with van der Waals surface area (Å²) in [5, 5.41) is 1.11. The highest BCUT2D eigenvalue weighted by Crippen LogP contribution is 2.33. The number of nitrogens with zero attached hydrogens (tertiary/aromatic N) is 1. The molecule has 1 aromatic carbocycles. The van der Waals surface area contributed by atoms with Crippen molar-refractivity contribution in [3.8, 4) is 16.2 Å². The van der Waals surface area contributed by atoms with Crippen molar-refractivity contribution < 1.29 is 4.74 Å². The normalized spacial score (nSPS) is 10.6. The number of thiazole rings is 1. The van der Waals surface area contributed by atoms with Gasteiger partial charge < -0.3 is 4.74 Å². The first-order valence-electron chi connectivity index (χ1n) is 5.77. The molecule has 17 heavy (non-hydrogen) atoms. The van der Waals surface area contributed by atoms with Gasteiger partial charge in [-0.05, 0) is 37.5 Å². The third kappa shape index (κ3) is 2.34. The molecule has 0 aliphatic carbocycles. The molecule has 0 radical (unpaired) electrons. The lowest BCUT2D eigenvalue weighted by molar-refractivity contribution is 0.410. The summed E-state index contributed by atoms with van der Waals surface area (Å²) in [7, 11) is 1.73. The largest absolute Gasteiger partial charge is 0.496 e. The topological polar surface area (TPSA) is 22.1 Å². The monoisotopic (exact) mass is 247 g/mol. The Hall–Kier alpha value is -1.35. The Balaban J connectivity index is 2.50. The molecule has 2 rings (SSSR count). The minimum atomic E-state index is 0.968. The van der Waals surface area contributed by atoms with E-state index in [0.717, 1.165) is 22.9 Å². The summed E-state index contributed by atoms with van der Waals surface area (Å²) in [6.07, 6.45) is 0.990. The average molecular weight is 247 g/mol. The molecular formula is C14H17NOS. The fourth-order valence-corrected chi connectivity index (χ4v) is 2.89. The zero-order chi connectivity index (χ0) is 12.4. The third-order valence-electron chi connectivity index (χ3n) is 2.83. The fraction of sp³-hybridized carbons (Fsp3) is 0.357. The maximum Gasteiger partial charge on any atom is 0.122 e. The number of hydrogen-bond donors (Lipinski definition) is 0. The SMILES string of the molecule is CCc1ccc(-c2sc(C)nc2C)cc1OC. The molecule has 0 aliphatic heterocycles. The summed E-state index contributed by atoms with van der Waals surface area (Å²) in [4.78, 5) is 5.70. The standard InChI is InChI=1S/C14H17NOS/c1-5-11-6-7-12(8-13(11)16-4)14-9(2)15-10(3)17-14/h6-8H,5H2,1-4H3. The Morgan fingerprint density at radius 2 is 2.06 bits per heavy atom. The van der Waals surface area contributed by atoms with E-state index in [1.165, 1.54) is 16.0 Å². The van der Waals surface area contributed by atoms with Crippen LogP contribution in [0.3, 0.4) is 0 Å². The predicted molar refractivity (Wildman–Crippen MR) is 73.0 cm³/mol. The van der Waals surface area contributed by atoms with Gasteiger partial charge in [0.15, 0.2) is 0 Å². The Kier molecular flexibility index (Phi) is 3.48.